The number of halogens is 1. The fourth-order valence-electron chi connectivity index (χ4n) is 2.20. The number of benzene rings is 1. The Labute approximate surface area is 141 Å². The van der Waals surface area contributed by atoms with Gasteiger partial charge in [-0.15, -0.1) is 0 Å². The van der Waals surface area contributed by atoms with Gasteiger partial charge in [0.2, 0.25) is 0 Å². The third-order valence-corrected chi connectivity index (χ3v) is 4.01. The van der Waals surface area contributed by atoms with E-state index in [9.17, 15) is 4.79 Å². The molecule has 6 heteroatoms. The zero-order valence-corrected chi connectivity index (χ0v) is 14.3. The summed E-state index contributed by atoms with van der Waals surface area (Å²) in [6.07, 6.45) is 1.64. The van der Waals surface area contributed by atoms with Crippen LogP contribution in [-0.2, 0) is 4.79 Å². The first-order valence-electron chi connectivity index (χ1n) is 7.46. The van der Waals surface area contributed by atoms with Gasteiger partial charge in [0, 0.05) is 5.02 Å². The van der Waals surface area contributed by atoms with Gasteiger partial charge in [-0.05, 0) is 42.8 Å². The van der Waals surface area contributed by atoms with Crippen molar-refractivity contribution in [3.05, 3.63) is 52.9 Å². The Morgan fingerprint density at radius 1 is 1.39 bits per heavy atom. The predicted molar refractivity (Wildman–Crippen MR) is 89.0 cm³/mol. The lowest BCUT2D eigenvalue weighted by Crippen LogP contribution is -3.07. The third kappa shape index (κ3) is 5.01. The van der Waals surface area contributed by atoms with Gasteiger partial charge in [0.1, 0.15) is 5.75 Å². The van der Waals surface area contributed by atoms with Gasteiger partial charge in [0.15, 0.2) is 18.4 Å². The van der Waals surface area contributed by atoms with E-state index in [-0.39, 0.29) is 18.6 Å². The second-order valence-electron chi connectivity index (χ2n) is 5.65. The minimum atomic E-state index is -0.171. The summed E-state index contributed by atoms with van der Waals surface area (Å²) in [4.78, 5) is 13.1. The van der Waals surface area contributed by atoms with Crippen LogP contribution in [0.2, 0.25) is 5.02 Å². The largest absolute Gasteiger partial charge is 0.484 e. The van der Waals surface area contributed by atoms with Crippen molar-refractivity contribution < 1.29 is 18.8 Å². The molecule has 2 rings (SSSR count). The fraction of sp³-hybridized carbons (Fsp3) is 0.353. The zero-order chi connectivity index (χ0) is 16.8. The van der Waals surface area contributed by atoms with E-state index in [4.69, 9.17) is 20.8 Å². The van der Waals surface area contributed by atoms with Crippen molar-refractivity contribution in [2.45, 2.75) is 13.0 Å². The van der Waals surface area contributed by atoms with Crippen LogP contribution in [0, 0.1) is 6.92 Å². The Balaban J connectivity index is 1.83. The Kier molecular flexibility index (Phi) is 6.07. The van der Waals surface area contributed by atoms with Gasteiger partial charge in [0.05, 0.1) is 26.9 Å². The molecule has 0 radical (unpaired) electrons. The molecule has 0 aliphatic heterocycles. The van der Waals surface area contributed by atoms with Gasteiger partial charge in [-0.1, -0.05) is 11.6 Å². The molecule has 1 atom stereocenters. The quantitative estimate of drug-likeness (QED) is 0.807. The zero-order valence-electron chi connectivity index (χ0n) is 13.6. The van der Waals surface area contributed by atoms with Crippen molar-refractivity contribution >= 4 is 17.5 Å². The Morgan fingerprint density at radius 2 is 2.17 bits per heavy atom. The van der Waals surface area contributed by atoms with Gasteiger partial charge in [-0.2, -0.15) is 0 Å². The Morgan fingerprint density at radius 3 is 2.78 bits per heavy atom. The molecule has 1 aromatic heterocycles. The summed E-state index contributed by atoms with van der Waals surface area (Å²) in [5, 5.41) is 3.56. The molecule has 124 valence electrons. The van der Waals surface area contributed by atoms with Crippen LogP contribution in [-0.4, -0.2) is 33.2 Å². The number of carbonyl (C=O) groups is 1. The van der Waals surface area contributed by atoms with E-state index in [0.29, 0.717) is 17.3 Å². The highest BCUT2D eigenvalue weighted by Gasteiger charge is 2.21. The summed E-state index contributed by atoms with van der Waals surface area (Å²) in [7, 11) is 4.04. The summed E-state index contributed by atoms with van der Waals surface area (Å²) in [6, 6.07) is 9.14. The molecule has 2 aromatic rings. The molecular weight excluding hydrogens is 316 g/mol. The van der Waals surface area contributed by atoms with Gasteiger partial charge in [-0.25, -0.2) is 0 Å². The first-order chi connectivity index (χ1) is 11.0. The monoisotopic (exact) mass is 337 g/mol. The van der Waals surface area contributed by atoms with E-state index in [1.54, 1.807) is 18.4 Å². The maximum Gasteiger partial charge on any atom is 0.258 e. The molecule has 1 amide bonds. The summed E-state index contributed by atoms with van der Waals surface area (Å²) < 4.78 is 10.9. The van der Waals surface area contributed by atoms with Crippen molar-refractivity contribution in [1.29, 1.82) is 0 Å². The summed E-state index contributed by atoms with van der Waals surface area (Å²) in [6.45, 7) is 2.34. The number of nitrogens with one attached hydrogen (secondary N) is 2. The number of rotatable bonds is 7. The van der Waals surface area contributed by atoms with Crippen LogP contribution in [0.4, 0.5) is 0 Å². The molecule has 0 saturated carbocycles. The average molecular weight is 338 g/mol. The number of ether oxygens (including phenoxy) is 1. The molecule has 0 spiro atoms. The van der Waals surface area contributed by atoms with E-state index >= 15 is 0 Å². The number of furan rings is 1. The lowest BCUT2D eigenvalue weighted by molar-refractivity contribution is -0.891. The number of hydrogen-bond donors (Lipinski definition) is 2. The highest BCUT2D eigenvalue weighted by molar-refractivity contribution is 6.31. The van der Waals surface area contributed by atoms with Crippen molar-refractivity contribution in [2.24, 2.45) is 0 Å². The van der Waals surface area contributed by atoms with Gasteiger partial charge in [-0.3, -0.25) is 4.79 Å². The molecule has 5 nitrogen and oxygen atoms in total. The number of carbonyl (C=O) groups excluding carboxylic acids is 1. The minimum absolute atomic E-state index is 0.0330. The van der Waals surface area contributed by atoms with Crippen LogP contribution >= 0.6 is 11.6 Å². The third-order valence-electron chi connectivity index (χ3n) is 3.59. The van der Waals surface area contributed by atoms with Crippen molar-refractivity contribution in [1.82, 2.24) is 5.32 Å². The van der Waals surface area contributed by atoms with Crippen LogP contribution in [0.15, 0.2) is 41.0 Å². The standard InChI is InChI=1S/C17H21ClN2O3/c1-12-9-13(6-7-14(12)18)23-11-17(21)19-10-15(20(2)3)16-5-4-8-22-16/h4-9,15H,10-11H2,1-3H3,(H,19,21)/p+1/t15-/m1/s1. The maximum atomic E-state index is 12.0. The van der Waals surface area contributed by atoms with E-state index < -0.39 is 0 Å². The molecule has 0 bridgehead atoms. The van der Waals surface area contributed by atoms with Crippen LogP contribution in [0.25, 0.3) is 0 Å². The van der Waals surface area contributed by atoms with Gasteiger partial charge < -0.3 is 19.4 Å². The molecule has 0 unspecified atom stereocenters. The van der Waals surface area contributed by atoms with Gasteiger partial charge in [0.25, 0.3) is 5.91 Å². The number of aryl methyl sites for hydroxylation is 1. The Bertz CT molecular complexity index is 641. The van der Waals surface area contributed by atoms with E-state index in [1.807, 2.05) is 39.2 Å². The van der Waals surface area contributed by atoms with Crippen molar-refractivity contribution in [2.75, 3.05) is 27.2 Å². The molecular formula is C17H22ClN2O3+. The molecule has 1 heterocycles. The van der Waals surface area contributed by atoms with Crippen LogP contribution < -0.4 is 15.0 Å². The smallest absolute Gasteiger partial charge is 0.258 e. The summed E-state index contributed by atoms with van der Waals surface area (Å²) >= 11 is 5.96. The topological polar surface area (TPSA) is 55.9 Å². The number of quaternary nitrogens is 1. The fourth-order valence-corrected chi connectivity index (χ4v) is 2.32. The molecule has 1 aromatic carbocycles. The molecule has 0 fully saturated rings. The van der Waals surface area contributed by atoms with E-state index in [2.05, 4.69) is 5.32 Å². The Hall–Kier alpha value is -1.98. The SMILES string of the molecule is Cc1cc(OCC(=O)NC[C@H](c2ccco2)[NH+](C)C)ccc1Cl. The van der Waals surface area contributed by atoms with Crippen molar-refractivity contribution in [3.63, 3.8) is 0 Å². The van der Waals surface area contributed by atoms with Gasteiger partial charge >= 0.3 is 0 Å². The first-order valence-corrected chi connectivity index (χ1v) is 7.84. The number of hydrogen-bond acceptors (Lipinski definition) is 3. The molecule has 0 aliphatic carbocycles. The predicted octanol–water partition coefficient (Wildman–Crippen LogP) is 1.62. The van der Waals surface area contributed by atoms with E-state index in [0.717, 1.165) is 11.3 Å². The lowest BCUT2D eigenvalue weighted by atomic mass is 10.2. The van der Waals surface area contributed by atoms with E-state index in [1.165, 1.54) is 4.90 Å². The molecule has 23 heavy (non-hydrogen) atoms. The molecule has 0 saturated heterocycles. The minimum Gasteiger partial charge on any atom is -0.484 e. The van der Waals surface area contributed by atoms with Crippen molar-refractivity contribution in [3.8, 4) is 5.75 Å². The average Bonchev–Trinajstić information content (AvgIpc) is 3.02. The lowest BCUT2D eigenvalue weighted by Gasteiger charge is -2.19. The summed E-state index contributed by atoms with van der Waals surface area (Å²) in [5.74, 6) is 1.30. The normalized spacial score (nSPS) is 12.2. The maximum absolute atomic E-state index is 12.0. The second-order valence-corrected chi connectivity index (χ2v) is 6.06. The molecule has 2 N–H and O–H groups in total. The van der Waals surface area contributed by atoms with Crippen LogP contribution in [0.1, 0.15) is 17.4 Å². The number of likely N-dealkylation sites (N-methyl/N-ethyl adjacent to an activating group) is 1. The second kappa shape index (κ2) is 8.04. The highest BCUT2D eigenvalue weighted by atomic mass is 35.5. The number of amides is 1. The highest BCUT2D eigenvalue weighted by Crippen LogP contribution is 2.20. The first kappa shape index (κ1) is 17.4. The summed E-state index contributed by atoms with van der Waals surface area (Å²) in [5.41, 5.74) is 0.915. The van der Waals surface area contributed by atoms with Crippen LogP contribution in [0.5, 0.6) is 5.75 Å². The van der Waals surface area contributed by atoms with Crippen LogP contribution in [0.3, 0.4) is 0 Å². The molecule has 0 aliphatic rings.